The first kappa shape index (κ1) is 12.5. The molecule has 0 aliphatic rings. The highest BCUT2D eigenvalue weighted by Gasteiger charge is 2.08. The molecule has 0 spiro atoms. The molecule has 3 heteroatoms. The minimum atomic E-state index is -0.252. The molecule has 0 N–H and O–H groups in total. The average Bonchev–Trinajstić information content (AvgIpc) is 2.86. The fraction of sp³-hybridized carbons (Fsp3) is 0.118. The molecular formula is C17H14O3. The Morgan fingerprint density at radius 3 is 2.80 bits per heavy atom. The maximum Gasteiger partial charge on any atom is 0.309 e. The van der Waals surface area contributed by atoms with E-state index in [9.17, 15) is 4.79 Å². The molecule has 0 bridgehead atoms. The molecule has 3 nitrogen and oxygen atoms in total. The number of rotatable bonds is 3. The van der Waals surface area contributed by atoms with Crippen molar-refractivity contribution in [2.45, 2.75) is 6.42 Å². The number of hydrogen-bond acceptors (Lipinski definition) is 3. The van der Waals surface area contributed by atoms with E-state index in [0.29, 0.717) is 0 Å². The monoisotopic (exact) mass is 266 g/mol. The molecule has 0 saturated heterocycles. The van der Waals surface area contributed by atoms with Crippen LogP contribution in [0.25, 0.3) is 28.0 Å². The van der Waals surface area contributed by atoms with Crippen molar-refractivity contribution >= 4 is 34.0 Å². The van der Waals surface area contributed by atoms with E-state index in [1.165, 1.54) is 7.11 Å². The summed E-state index contributed by atoms with van der Waals surface area (Å²) in [6, 6.07) is 14.0. The van der Waals surface area contributed by atoms with Crippen LogP contribution in [-0.4, -0.2) is 13.1 Å². The molecule has 0 atom stereocenters. The van der Waals surface area contributed by atoms with Crippen molar-refractivity contribution in [2.75, 3.05) is 7.11 Å². The number of ether oxygens (including phenoxy) is 1. The lowest BCUT2D eigenvalue weighted by Gasteiger charge is -1.96. The van der Waals surface area contributed by atoms with Gasteiger partial charge >= 0.3 is 5.97 Å². The Labute approximate surface area is 116 Å². The second-order valence-corrected chi connectivity index (χ2v) is 4.50. The molecule has 0 amide bonds. The zero-order valence-electron chi connectivity index (χ0n) is 11.1. The van der Waals surface area contributed by atoms with Crippen molar-refractivity contribution in [3.8, 4) is 0 Å². The first-order valence-electron chi connectivity index (χ1n) is 6.43. The molecule has 0 aliphatic heterocycles. The molecule has 3 rings (SSSR count). The van der Waals surface area contributed by atoms with Gasteiger partial charge in [-0.05, 0) is 6.07 Å². The normalized spacial score (nSPS) is 11.4. The number of carbonyl (C=O) groups excluding carboxylic acids is 1. The van der Waals surface area contributed by atoms with Crippen molar-refractivity contribution in [2.24, 2.45) is 0 Å². The first-order chi connectivity index (χ1) is 9.79. The minimum Gasteiger partial charge on any atom is -0.469 e. The molecule has 100 valence electrons. The lowest BCUT2D eigenvalue weighted by molar-refractivity contribution is -0.139. The second-order valence-electron chi connectivity index (χ2n) is 4.50. The van der Waals surface area contributed by atoms with Gasteiger partial charge in [-0.1, -0.05) is 48.6 Å². The van der Waals surface area contributed by atoms with Crippen LogP contribution in [0.1, 0.15) is 12.0 Å². The van der Waals surface area contributed by atoms with E-state index in [-0.39, 0.29) is 12.4 Å². The van der Waals surface area contributed by atoms with Gasteiger partial charge in [0.1, 0.15) is 11.2 Å². The number of fused-ring (bicyclic) bond motifs is 3. The number of para-hydroxylation sites is 2. The summed E-state index contributed by atoms with van der Waals surface area (Å²) in [7, 11) is 1.39. The van der Waals surface area contributed by atoms with Gasteiger partial charge < -0.3 is 9.15 Å². The number of furan rings is 1. The van der Waals surface area contributed by atoms with Gasteiger partial charge in [-0.25, -0.2) is 0 Å². The Morgan fingerprint density at radius 1 is 1.15 bits per heavy atom. The highest BCUT2D eigenvalue weighted by molar-refractivity contribution is 6.07. The zero-order valence-corrected chi connectivity index (χ0v) is 11.1. The van der Waals surface area contributed by atoms with Crippen LogP contribution in [0.5, 0.6) is 0 Å². The van der Waals surface area contributed by atoms with E-state index in [2.05, 4.69) is 4.74 Å². The smallest absolute Gasteiger partial charge is 0.309 e. The van der Waals surface area contributed by atoms with Gasteiger partial charge in [-0.2, -0.15) is 0 Å². The maximum atomic E-state index is 11.1. The standard InChI is InChI=1S/C17H14O3/c1-19-16(18)11-5-7-12-6-4-9-14-13-8-2-3-10-15(13)20-17(12)14/h2-10H,11H2,1H3. The molecular weight excluding hydrogens is 252 g/mol. The van der Waals surface area contributed by atoms with Crippen LogP contribution in [0.3, 0.4) is 0 Å². The van der Waals surface area contributed by atoms with Crippen molar-refractivity contribution in [3.63, 3.8) is 0 Å². The quantitative estimate of drug-likeness (QED) is 0.668. The molecule has 0 saturated carbocycles. The van der Waals surface area contributed by atoms with Crippen LogP contribution in [0.4, 0.5) is 0 Å². The van der Waals surface area contributed by atoms with E-state index < -0.39 is 0 Å². The van der Waals surface area contributed by atoms with Crippen molar-refractivity contribution in [3.05, 3.63) is 54.1 Å². The van der Waals surface area contributed by atoms with Gasteiger partial charge in [0.2, 0.25) is 0 Å². The fourth-order valence-electron chi connectivity index (χ4n) is 2.27. The highest BCUT2D eigenvalue weighted by atomic mass is 16.5. The van der Waals surface area contributed by atoms with Crippen molar-refractivity contribution in [1.29, 1.82) is 0 Å². The topological polar surface area (TPSA) is 39.4 Å². The van der Waals surface area contributed by atoms with E-state index in [4.69, 9.17) is 4.42 Å². The van der Waals surface area contributed by atoms with Gasteiger partial charge in [0, 0.05) is 16.3 Å². The van der Waals surface area contributed by atoms with E-state index in [1.54, 1.807) is 6.08 Å². The summed E-state index contributed by atoms with van der Waals surface area (Å²) in [5.41, 5.74) is 2.67. The molecule has 0 fully saturated rings. The fourth-order valence-corrected chi connectivity index (χ4v) is 2.27. The Balaban J connectivity index is 2.05. The summed E-state index contributed by atoms with van der Waals surface area (Å²) in [6.07, 6.45) is 3.93. The number of benzene rings is 2. The van der Waals surface area contributed by atoms with Crippen LogP contribution in [0.15, 0.2) is 53.0 Å². The Kier molecular flexibility index (Phi) is 3.25. The summed E-state index contributed by atoms with van der Waals surface area (Å²) >= 11 is 0. The summed E-state index contributed by atoms with van der Waals surface area (Å²) in [4.78, 5) is 11.1. The number of esters is 1. The van der Waals surface area contributed by atoms with E-state index in [0.717, 1.165) is 27.5 Å². The molecule has 3 aromatic rings. The zero-order chi connectivity index (χ0) is 13.9. The number of hydrogen-bond donors (Lipinski definition) is 0. The summed E-state index contributed by atoms with van der Waals surface area (Å²) in [5, 5.41) is 2.19. The predicted octanol–water partition coefficient (Wildman–Crippen LogP) is 4.16. The lowest BCUT2D eigenvalue weighted by Crippen LogP contribution is -1.96. The summed E-state index contributed by atoms with van der Waals surface area (Å²) in [6.45, 7) is 0. The predicted molar refractivity (Wildman–Crippen MR) is 79.4 cm³/mol. The largest absolute Gasteiger partial charge is 0.469 e. The van der Waals surface area contributed by atoms with Gasteiger partial charge in [0.15, 0.2) is 0 Å². The van der Waals surface area contributed by atoms with Crippen LogP contribution >= 0.6 is 0 Å². The van der Waals surface area contributed by atoms with E-state index in [1.807, 2.05) is 48.5 Å². The number of carbonyl (C=O) groups is 1. The van der Waals surface area contributed by atoms with Gasteiger partial charge in [0.05, 0.1) is 13.5 Å². The minimum absolute atomic E-state index is 0.252. The SMILES string of the molecule is COC(=O)CC=Cc1cccc2c1oc1ccccc12. The Bertz CT molecular complexity index is 796. The molecule has 2 aromatic carbocycles. The molecule has 1 heterocycles. The van der Waals surface area contributed by atoms with Gasteiger partial charge in [-0.3, -0.25) is 4.79 Å². The molecule has 0 radical (unpaired) electrons. The summed E-state index contributed by atoms with van der Waals surface area (Å²) < 4.78 is 10.5. The van der Waals surface area contributed by atoms with Gasteiger partial charge in [0.25, 0.3) is 0 Å². The number of methoxy groups -OCH3 is 1. The maximum absolute atomic E-state index is 11.1. The first-order valence-corrected chi connectivity index (χ1v) is 6.43. The highest BCUT2D eigenvalue weighted by Crippen LogP contribution is 2.31. The van der Waals surface area contributed by atoms with Gasteiger partial charge in [-0.15, -0.1) is 0 Å². The lowest BCUT2D eigenvalue weighted by atomic mass is 10.1. The molecule has 1 aromatic heterocycles. The third-order valence-corrected chi connectivity index (χ3v) is 3.24. The Hall–Kier alpha value is -2.55. The molecule has 0 unspecified atom stereocenters. The van der Waals surface area contributed by atoms with Crippen LogP contribution in [-0.2, 0) is 9.53 Å². The third-order valence-electron chi connectivity index (χ3n) is 3.24. The molecule has 0 aliphatic carbocycles. The van der Waals surface area contributed by atoms with Crippen LogP contribution in [0, 0.1) is 0 Å². The van der Waals surface area contributed by atoms with Crippen LogP contribution < -0.4 is 0 Å². The van der Waals surface area contributed by atoms with Crippen molar-refractivity contribution in [1.82, 2.24) is 0 Å². The van der Waals surface area contributed by atoms with E-state index >= 15 is 0 Å². The Morgan fingerprint density at radius 2 is 1.95 bits per heavy atom. The van der Waals surface area contributed by atoms with Crippen LogP contribution in [0.2, 0.25) is 0 Å². The third kappa shape index (κ3) is 2.18. The second kappa shape index (κ2) is 5.21. The average molecular weight is 266 g/mol. The summed E-state index contributed by atoms with van der Waals surface area (Å²) in [5.74, 6) is -0.252. The molecule has 20 heavy (non-hydrogen) atoms. The van der Waals surface area contributed by atoms with Crippen molar-refractivity contribution < 1.29 is 13.9 Å².